The number of hydrogen-bond donors (Lipinski definition) is 4. The maximum Gasteiger partial charge on any atom is 0.318 e. The minimum absolute atomic E-state index is 0.0533. The summed E-state index contributed by atoms with van der Waals surface area (Å²) in [6, 6.07) is 10.3. The molecular weight excluding hydrogens is 494 g/mol. The van der Waals surface area contributed by atoms with Gasteiger partial charge >= 0.3 is 6.03 Å². The number of thiazole rings is 1. The van der Waals surface area contributed by atoms with Crippen LogP contribution in [-0.4, -0.2) is 62.9 Å². The van der Waals surface area contributed by atoms with Crippen LogP contribution in [0.15, 0.2) is 48.5 Å². The Kier molecular flexibility index (Phi) is 7.20. The van der Waals surface area contributed by atoms with Crippen molar-refractivity contribution in [3.05, 3.63) is 60.2 Å². The molecule has 4 N–H and O–H groups in total. The first-order valence-corrected chi connectivity index (χ1v) is 11.8. The Morgan fingerprint density at radius 2 is 1.58 bits per heavy atom. The summed E-state index contributed by atoms with van der Waals surface area (Å²) in [5.41, 5.74) is -0.514. The van der Waals surface area contributed by atoms with Crippen molar-refractivity contribution in [3.8, 4) is 22.1 Å². The normalized spacial score (nSPS) is 17.7. The van der Waals surface area contributed by atoms with Crippen LogP contribution in [0, 0.1) is 11.6 Å². The van der Waals surface area contributed by atoms with Gasteiger partial charge in [-0.05, 0) is 62.4 Å². The number of benzene rings is 2. The summed E-state index contributed by atoms with van der Waals surface area (Å²) >= 11 is 1.00. The minimum atomic E-state index is -1.38. The molecule has 0 saturated carbocycles. The van der Waals surface area contributed by atoms with Crippen LogP contribution in [0.1, 0.15) is 13.8 Å². The molecule has 1 fully saturated rings. The number of ether oxygens (including phenoxy) is 1. The van der Waals surface area contributed by atoms with E-state index in [2.05, 4.69) is 15.6 Å². The highest BCUT2D eigenvalue weighted by Gasteiger charge is 2.37. The lowest BCUT2D eigenvalue weighted by Gasteiger charge is -2.27. The van der Waals surface area contributed by atoms with Gasteiger partial charge < -0.3 is 25.2 Å². The number of aliphatic hydroxyl groups is 2. The number of aromatic nitrogens is 1. The van der Waals surface area contributed by atoms with Gasteiger partial charge in [-0.25, -0.2) is 18.6 Å². The van der Waals surface area contributed by atoms with E-state index >= 15 is 0 Å². The molecule has 1 aromatic heterocycles. The molecule has 0 radical (unpaired) electrons. The zero-order valence-corrected chi connectivity index (χ0v) is 20.2. The van der Waals surface area contributed by atoms with Gasteiger partial charge in [0, 0.05) is 5.56 Å². The number of nitrogens with one attached hydrogen (secondary N) is 2. The van der Waals surface area contributed by atoms with Crippen LogP contribution in [0.2, 0.25) is 0 Å². The molecule has 0 spiro atoms. The molecule has 1 aliphatic rings. The van der Waals surface area contributed by atoms with Crippen molar-refractivity contribution < 1.29 is 33.3 Å². The SMILES string of the molecule is CC(C)(NC(=O)N1C[C@@H](O)[C@H](O)C1)C(=O)Nc1nc(-c2ccc(F)cc2)c(Oc2ccc(F)cc2)s1. The van der Waals surface area contributed by atoms with Crippen molar-refractivity contribution in [2.24, 2.45) is 0 Å². The summed E-state index contributed by atoms with van der Waals surface area (Å²) in [5.74, 6) is -1.10. The fourth-order valence-electron chi connectivity index (χ4n) is 3.42. The van der Waals surface area contributed by atoms with E-state index in [1.165, 1.54) is 67.3 Å². The van der Waals surface area contributed by atoms with Crippen molar-refractivity contribution >= 4 is 28.4 Å². The maximum atomic E-state index is 13.4. The number of likely N-dealkylation sites (tertiary alicyclic amines) is 1. The summed E-state index contributed by atoms with van der Waals surface area (Å²) in [7, 11) is 0. The molecule has 190 valence electrons. The molecule has 12 heteroatoms. The Morgan fingerprint density at radius 1 is 1.03 bits per heavy atom. The number of anilines is 1. The molecule has 0 aliphatic carbocycles. The second kappa shape index (κ2) is 10.2. The standard InChI is InChI=1S/C24H24F2N4O5S/c1-24(2,29-23(34)30-11-17(31)18(32)12-30)21(33)28-22-27-19(13-3-5-14(25)6-4-13)20(36-22)35-16-9-7-15(26)8-10-16/h3-10,17-18,31-32H,11-12H2,1-2H3,(H,29,34)(H,27,28,33)/t17-,18-/m1/s1. The van der Waals surface area contributed by atoms with E-state index < -0.39 is 41.3 Å². The second-order valence-corrected chi connectivity index (χ2v) is 9.73. The van der Waals surface area contributed by atoms with E-state index in [1.54, 1.807) is 0 Å². The number of halogens is 2. The van der Waals surface area contributed by atoms with Gasteiger partial charge in [0.15, 0.2) is 5.13 Å². The highest BCUT2D eigenvalue weighted by Crippen LogP contribution is 2.40. The Morgan fingerprint density at radius 3 is 2.17 bits per heavy atom. The molecule has 9 nitrogen and oxygen atoms in total. The van der Waals surface area contributed by atoms with E-state index in [0.717, 1.165) is 11.3 Å². The van der Waals surface area contributed by atoms with Crippen molar-refractivity contribution in [1.29, 1.82) is 0 Å². The van der Waals surface area contributed by atoms with Crippen molar-refractivity contribution in [1.82, 2.24) is 15.2 Å². The highest BCUT2D eigenvalue weighted by atomic mass is 32.1. The van der Waals surface area contributed by atoms with Gasteiger partial charge in [-0.1, -0.05) is 11.3 Å². The van der Waals surface area contributed by atoms with Crippen molar-refractivity contribution in [3.63, 3.8) is 0 Å². The number of carbonyl (C=O) groups is 2. The Labute approximate surface area is 209 Å². The van der Waals surface area contributed by atoms with Crippen LogP contribution in [0.3, 0.4) is 0 Å². The largest absolute Gasteiger partial charge is 0.444 e. The van der Waals surface area contributed by atoms with Crippen LogP contribution in [0.5, 0.6) is 10.8 Å². The first kappa shape index (κ1) is 25.5. The summed E-state index contributed by atoms with van der Waals surface area (Å²) in [6.07, 6.45) is -2.10. The van der Waals surface area contributed by atoms with Gasteiger partial charge in [0.1, 0.15) is 28.6 Å². The Hall–Kier alpha value is -3.61. The average Bonchev–Trinajstić information content (AvgIpc) is 3.38. The third-order valence-corrected chi connectivity index (χ3v) is 6.34. The molecule has 1 saturated heterocycles. The quantitative estimate of drug-likeness (QED) is 0.397. The number of nitrogens with zero attached hydrogens (tertiary/aromatic N) is 2. The molecule has 2 atom stereocenters. The number of carbonyl (C=O) groups excluding carboxylic acids is 2. The van der Waals surface area contributed by atoms with E-state index in [9.17, 15) is 28.6 Å². The Balaban J connectivity index is 1.53. The van der Waals surface area contributed by atoms with Crippen molar-refractivity contribution in [2.45, 2.75) is 31.6 Å². The van der Waals surface area contributed by atoms with Crippen LogP contribution in [0.25, 0.3) is 11.3 Å². The fraction of sp³-hybridized carbons (Fsp3) is 0.292. The van der Waals surface area contributed by atoms with E-state index in [1.807, 2.05) is 0 Å². The number of β-amino-alcohol motifs (C(OH)–C–C–N with tert-alkyl or cyclic N) is 2. The first-order chi connectivity index (χ1) is 17.0. The zero-order chi connectivity index (χ0) is 26.0. The van der Waals surface area contributed by atoms with Crippen LogP contribution in [0.4, 0.5) is 18.7 Å². The lowest BCUT2D eigenvalue weighted by atomic mass is 10.1. The van der Waals surface area contributed by atoms with E-state index in [0.29, 0.717) is 17.0 Å². The molecule has 3 aromatic rings. The number of hydrogen-bond acceptors (Lipinski definition) is 7. The van der Waals surface area contributed by atoms with Crippen LogP contribution in [-0.2, 0) is 4.79 Å². The first-order valence-electron chi connectivity index (χ1n) is 11.0. The predicted octanol–water partition coefficient (Wildman–Crippen LogP) is 3.34. The number of amides is 3. The molecule has 3 amide bonds. The smallest absolute Gasteiger partial charge is 0.318 e. The average molecular weight is 519 g/mol. The van der Waals surface area contributed by atoms with E-state index in [-0.39, 0.29) is 23.3 Å². The maximum absolute atomic E-state index is 13.4. The molecule has 1 aliphatic heterocycles. The third-order valence-electron chi connectivity index (χ3n) is 5.49. The molecule has 36 heavy (non-hydrogen) atoms. The summed E-state index contributed by atoms with van der Waals surface area (Å²) in [4.78, 5) is 31.2. The second-order valence-electron chi connectivity index (χ2n) is 8.77. The minimum Gasteiger partial charge on any atom is -0.444 e. The molecular formula is C24H24F2N4O5S. The van der Waals surface area contributed by atoms with Crippen LogP contribution < -0.4 is 15.4 Å². The van der Waals surface area contributed by atoms with Gasteiger partial charge in [-0.15, -0.1) is 0 Å². The molecule has 0 unspecified atom stereocenters. The summed E-state index contributed by atoms with van der Waals surface area (Å²) < 4.78 is 32.6. The molecule has 2 aromatic carbocycles. The number of rotatable bonds is 6. The lowest BCUT2D eigenvalue weighted by Crippen LogP contribution is -2.55. The fourth-order valence-corrected chi connectivity index (χ4v) is 4.27. The molecule has 0 bridgehead atoms. The molecule has 2 heterocycles. The topological polar surface area (TPSA) is 124 Å². The third kappa shape index (κ3) is 5.78. The summed E-state index contributed by atoms with van der Waals surface area (Å²) in [5, 5.41) is 25.0. The predicted molar refractivity (Wildman–Crippen MR) is 129 cm³/mol. The summed E-state index contributed by atoms with van der Waals surface area (Å²) in [6.45, 7) is 2.88. The van der Waals surface area contributed by atoms with Gasteiger partial charge in [0.05, 0.1) is 25.3 Å². The van der Waals surface area contributed by atoms with Gasteiger partial charge in [0.2, 0.25) is 5.06 Å². The van der Waals surface area contributed by atoms with Gasteiger partial charge in [0.25, 0.3) is 5.91 Å². The zero-order valence-electron chi connectivity index (χ0n) is 19.4. The van der Waals surface area contributed by atoms with Gasteiger partial charge in [-0.2, -0.15) is 0 Å². The van der Waals surface area contributed by atoms with E-state index in [4.69, 9.17) is 4.74 Å². The highest BCUT2D eigenvalue weighted by molar-refractivity contribution is 7.18. The molecule has 4 rings (SSSR count). The lowest BCUT2D eigenvalue weighted by molar-refractivity contribution is -0.120. The monoisotopic (exact) mass is 518 g/mol. The Bertz CT molecular complexity index is 1240. The number of urea groups is 1. The van der Waals surface area contributed by atoms with Gasteiger partial charge in [-0.3, -0.25) is 10.1 Å². The number of aliphatic hydroxyl groups excluding tert-OH is 2. The van der Waals surface area contributed by atoms with Crippen molar-refractivity contribution in [2.75, 3.05) is 18.4 Å². The van der Waals surface area contributed by atoms with Crippen LogP contribution >= 0.6 is 11.3 Å².